The first-order valence-corrected chi connectivity index (χ1v) is 7.79. The molecule has 0 fully saturated rings. The predicted molar refractivity (Wildman–Crippen MR) is 88.1 cm³/mol. The normalized spacial score (nSPS) is 11.0. The molecule has 5 nitrogen and oxygen atoms in total. The summed E-state index contributed by atoms with van der Waals surface area (Å²) in [6, 6.07) is 8.82. The van der Waals surface area contributed by atoms with Crippen LogP contribution in [0.5, 0.6) is 0 Å². The lowest BCUT2D eigenvalue weighted by molar-refractivity contribution is -0.145. The SMILES string of the molecule is CCOC(=O)CCN(CC(=O)c1ccccc1)C(=O)C(C)(C)C. The van der Waals surface area contributed by atoms with Gasteiger partial charge >= 0.3 is 5.97 Å². The topological polar surface area (TPSA) is 63.7 Å². The molecule has 0 heterocycles. The van der Waals surface area contributed by atoms with Crippen LogP contribution in [-0.2, 0) is 14.3 Å². The van der Waals surface area contributed by atoms with Crippen molar-refractivity contribution < 1.29 is 19.1 Å². The molecule has 5 heteroatoms. The van der Waals surface area contributed by atoms with E-state index in [9.17, 15) is 14.4 Å². The fourth-order valence-electron chi connectivity index (χ4n) is 2.07. The molecule has 0 N–H and O–H groups in total. The Morgan fingerprint density at radius 3 is 2.22 bits per heavy atom. The van der Waals surface area contributed by atoms with E-state index in [1.807, 2.05) is 6.07 Å². The number of amides is 1. The average molecular weight is 319 g/mol. The van der Waals surface area contributed by atoms with Gasteiger partial charge in [-0.05, 0) is 6.92 Å². The summed E-state index contributed by atoms with van der Waals surface area (Å²) in [4.78, 5) is 37.8. The van der Waals surface area contributed by atoms with Gasteiger partial charge in [0, 0.05) is 17.5 Å². The number of carbonyl (C=O) groups excluding carboxylic acids is 3. The highest BCUT2D eigenvalue weighted by molar-refractivity contribution is 5.99. The zero-order valence-electron chi connectivity index (χ0n) is 14.3. The van der Waals surface area contributed by atoms with Crippen LogP contribution in [-0.4, -0.2) is 42.3 Å². The lowest BCUT2D eigenvalue weighted by Crippen LogP contribution is -2.43. The van der Waals surface area contributed by atoms with Gasteiger partial charge in [-0.15, -0.1) is 0 Å². The van der Waals surface area contributed by atoms with Crippen molar-refractivity contribution in [1.29, 1.82) is 0 Å². The van der Waals surface area contributed by atoms with E-state index in [-0.39, 0.29) is 37.2 Å². The van der Waals surface area contributed by atoms with Crippen LogP contribution in [0.15, 0.2) is 30.3 Å². The van der Waals surface area contributed by atoms with Crippen LogP contribution < -0.4 is 0 Å². The quantitative estimate of drug-likeness (QED) is 0.572. The van der Waals surface area contributed by atoms with Crippen LogP contribution in [0.4, 0.5) is 0 Å². The lowest BCUT2D eigenvalue weighted by atomic mass is 9.94. The molecule has 0 saturated carbocycles. The Morgan fingerprint density at radius 2 is 1.70 bits per heavy atom. The third kappa shape index (κ3) is 6.22. The molecule has 1 aromatic carbocycles. The molecule has 0 aliphatic rings. The highest BCUT2D eigenvalue weighted by Crippen LogP contribution is 2.18. The first-order chi connectivity index (χ1) is 10.8. The van der Waals surface area contributed by atoms with Gasteiger partial charge < -0.3 is 9.64 Å². The summed E-state index contributed by atoms with van der Waals surface area (Å²) in [5.41, 5.74) is -0.0682. The molecule has 1 aromatic rings. The van der Waals surface area contributed by atoms with Crippen LogP contribution in [0.3, 0.4) is 0 Å². The second-order valence-corrected chi connectivity index (χ2v) is 6.32. The molecule has 0 aromatic heterocycles. The van der Waals surface area contributed by atoms with Gasteiger partial charge in [0.1, 0.15) is 0 Å². The Hall–Kier alpha value is -2.17. The molecule has 0 unspecified atom stereocenters. The molecule has 0 aliphatic heterocycles. The number of esters is 1. The van der Waals surface area contributed by atoms with Gasteiger partial charge in [0.25, 0.3) is 0 Å². The molecule has 1 rings (SSSR count). The minimum Gasteiger partial charge on any atom is -0.466 e. The molecule has 0 aliphatic carbocycles. The molecule has 126 valence electrons. The molecule has 0 radical (unpaired) electrons. The fraction of sp³-hybridized carbons (Fsp3) is 0.500. The zero-order chi connectivity index (χ0) is 17.5. The first-order valence-electron chi connectivity index (χ1n) is 7.79. The zero-order valence-corrected chi connectivity index (χ0v) is 14.3. The lowest BCUT2D eigenvalue weighted by Gasteiger charge is -2.28. The summed E-state index contributed by atoms with van der Waals surface area (Å²) in [5, 5.41) is 0. The van der Waals surface area contributed by atoms with E-state index in [2.05, 4.69) is 0 Å². The average Bonchev–Trinajstić information content (AvgIpc) is 2.50. The predicted octanol–water partition coefficient (Wildman–Crippen LogP) is 2.70. The smallest absolute Gasteiger partial charge is 0.307 e. The maximum Gasteiger partial charge on any atom is 0.307 e. The van der Waals surface area contributed by atoms with Crippen molar-refractivity contribution in [3.63, 3.8) is 0 Å². The van der Waals surface area contributed by atoms with Crippen LogP contribution in [0, 0.1) is 5.41 Å². The Bertz CT molecular complexity index is 546. The van der Waals surface area contributed by atoms with E-state index in [0.29, 0.717) is 12.2 Å². The van der Waals surface area contributed by atoms with Gasteiger partial charge in [-0.3, -0.25) is 14.4 Å². The number of hydrogen-bond acceptors (Lipinski definition) is 4. The van der Waals surface area contributed by atoms with E-state index in [4.69, 9.17) is 4.74 Å². The number of hydrogen-bond donors (Lipinski definition) is 0. The van der Waals surface area contributed by atoms with Gasteiger partial charge in [-0.25, -0.2) is 0 Å². The van der Waals surface area contributed by atoms with E-state index in [1.54, 1.807) is 52.0 Å². The standard InChI is InChI=1S/C18H25NO4/c1-5-23-16(21)11-12-19(17(22)18(2,3)4)13-15(20)14-9-7-6-8-10-14/h6-10H,5,11-13H2,1-4H3. The number of benzene rings is 1. The van der Waals surface area contributed by atoms with E-state index in [0.717, 1.165) is 0 Å². The number of rotatable bonds is 7. The van der Waals surface area contributed by atoms with Crippen LogP contribution in [0.2, 0.25) is 0 Å². The Balaban J connectivity index is 2.81. The maximum absolute atomic E-state index is 12.5. The number of carbonyl (C=O) groups is 3. The van der Waals surface area contributed by atoms with Crippen molar-refractivity contribution in [3.8, 4) is 0 Å². The third-order valence-electron chi connectivity index (χ3n) is 3.25. The van der Waals surface area contributed by atoms with Gasteiger partial charge in [0.15, 0.2) is 5.78 Å². The highest BCUT2D eigenvalue weighted by atomic mass is 16.5. The fourth-order valence-corrected chi connectivity index (χ4v) is 2.07. The number of nitrogens with zero attached hydrogens (tertiary/aromatic N) is 1. The first kappa shape index (κ1) is 18.9. The van der Waals surface area contributed by atoms with Gasteiger partial charge in [0.05, 0.1) is 19.6 Å². The highest BCUT2D eigenvalue weighted by Gasteiger charge is 2.29. The summed E-state index contributed by atoms with van der Waals surface area (Å²) in [6.45, 7) is 7.54. The Labute approximate surface area is 137 Å². The van der Waals surface area contributed by atoms with E-state index < -0.39 is 5.41 Å². The second-order valence-electron chi connectivity index (χ2n) is 6.32. The van der Waals surface area contributed by atoms with Crippen molar-refractivity contribution in [2.45, 2.75) is 34.1 Å². The van der Waals surface area contributed by atoms with Gasteiger partial charge in [-0.2, -0.15) is 0 Å². The van der Waals surface area contributed by atoms with Gasteiger partial charge in [-0.1, -0.05) is 51.1 Å². The van der Waals surface area contributed by atoms with E-state index >= 15 is 0 Å². The molecule has 0 saturated heterocycles. The van der Waals surface area contributed by atoms with Gasteiger partial charge in [0.2, 0.25) is 5.91 Å². The minimum absolute atomic E-state index is 0.0421. The van der Waals surface area contributed by atoms with Crippen LogP contribution >= 0.6 is 0 Å². The van der Waals surface area contributed by atoms with Crippen LogP contribution in [0.1, 0.15) is 44.5 Å². The third-order valence-corrected chi connectivity index (χ3v) is 3.25. The Morgan fingerprint density at radius 1 is 1.09 bits per heavy atom. The number of ether oxygens (including phenoxy) is 1. The molecule has 0 atom stereocenters. The van der Waals surface area contributed by atoms with Crippen molar-refractivity contribution in [2.24, 2.45) is 5.41 Å². The minimum atomic E-state index is -0.619. The molecular weight excluding hydrogens is 294 g/mol. The largest absolute Gasteiger partial charge is 0.466 e. The molecular formula is C18H25NO4. The molecule has 23 heavy (non-hydrogen) atoms. The molecule has 1 amide bonds. The monoisotopic (exact) mass is 319 g/mol. The van der Waals surface area contributed by atoms with Crippen molar-refractivity contribution in [3.05, 3.63) is 35.9 Å². The van der Waals surface area contributed by atoms with Crippen molar-refractivity contribution in [2.75, 3.05) is 19.7 Å². The second kappa shape index (κ2) is 8.46. The summed E-state index contributed by atoms with van der Waals surface area (Å²) < 4.78 is 4.89. The summed E-state index contributed by atoms with van der Waals surface area (Å²) >= 11 is 0. The van der Waals surface area contributed by atoms with Crippen LogP contribution in [0.25, 0.3) is 0 Å². The van der Waals surface area contributed by atoms with E-state index in [1.165, 1.54) is 4.90 Å². The molecule has 0 spiro atoms. The van der Waals surface area contributed by atoms with Crippen molar-refractivity contribution >= 4 is 17.7 Å². The maximum atomic E-state index is 12.5. The Kier molecular flexibility index (Phi) is 6.94. The summed E-state index contributed by atoms with van der Waals surface area (Å²) in [6.07, 6.45) is 0.0811. The van der Waals surface area contributed by atoms with Crippen molar-refractivity contribution in [1.82, 2.24) is 4.90 Å². The summed E-state index contributed by atoms with van der Waals surface area (Å²) in [5.74, 6) is -0.676. The number of ketones is 1. The summed E-state index contributed by atoms with van der Waals surface area (Å²) in [7, 11) is 0. The number of Topliss-reactive ketones (excluding diaryl/α,β-unsaturated/α-hetero) is 1. The molecule has 0 bridgehead atoms.